The Labute approximate surface area is 239 Å². The second kappa shape index (κ2) is 19.4. The first kappa shape index (κ1) is 31.8. The molecule has 1 saturated carbocycles. The van der Waals surface area contributed by atoms with Crippen molar-refractivity contribution in [3.8, 4) is 0 Å². The van der Waals surface area contributed by atoms with Crippen molar-refractivity contribution in [3.63, 3.8) is 0 Å². The number of likely N-dealkylation sites (N-methyl/N-ethyl adjacent to an activating group) is 1. The van der Waals surface area contributed by atoms with Gasteiger partial charge in [-0.2, -0.15) is 0 Å². The molecular formula is C35H55NO3. The smallest absolute Gasteiger partial charge is 0.102 e. The molecule has 0 aliphatic heterocycles. The van der Waals surface area contributed by atoms with Gasteiger partial charge in [0.2, 0.25) is 0 Å². The zero-order valence-corrected chi connectivity index (χ0v) is 25.1. The fourth-order valence-corrected chi connectivity index (χ4v) is 5.77. The van der Waals surface area contributed by atoms with Gasteiger partial charge in [-0.15, -0.1) is 0 Å². The third-order valence-electron chi connectivity index (χ3n) is 8.09. The lowest BCUT2D eigenvalue weighted by molar-refractivity contribution is -0.0898. The predicted molar refractivity (Wildman–Crippen MR) is 163 cm³/mol. The van der Waals surface area contributed by atoms with E-state index in [2.05, 4.69) is 86.5 Å². The first-order chi connectivity index (χ1) is 19.2. The average Bonchev–Trinajstić information content (AvgIpc) is 3.32. The summed E-state index contributed by atoms with van der Waals surface area (Å²) in [6.45, 7) is 7.66. The Hall–Kier alpha value is -1.72. The van der Waals surface area contributed by atoms with E-state index in [9.17, 15) is 0 Å². The Morgan fingerprint density at radius 1 is 0.615 bits per heavy atom. The predicted octanol–water partition coefficient (Wildman–Crippen LogP) is 8.58. The van der Waals surface area contributed by atoms with Crippen LogP contribution < -0.4 is 0 Å². The van der Waals surface area contributed by atoms with Gasteiger partial charge in [-0.05, 0) is 37.6 Å². The Morgan fingerprint density at radius 2 is 1.13 bits per heavy atom. The van der Waals surface area contributed by atoms with Gasteiger partial charge in [-0.25, -0.2) is 0 Å². The summed E-state index contributed by atoms with van der Waals surface area (Å²) in [7, 11) is 2.27. The van der Waals surface area contributed by atoms with E-state index in [0.29, 0.717) is 13.2 Å². The number of ether oxygens (including phenoxy) is 3. The SMILES string of the molecule is CCCCCCCCN(C)[C@@H]1[C@@H](OCCCCCCC)[C@@H](OCc2ccccc2)C[C@H]1OCc1ccccc1. The van der Waals surface area contributed by atoms with Gasteiger partial charge in [0.1, 0.15) is 6.10 Å². The summed E-state index contributed by atoms with van der Waals surface area (Å²) in [4.78, 5) is 2.52. The van der Waals surface area contributed by atoms with Crippen LogP contribution in [0.1, 0.15) is 102 Å². The summed E-state index contributed by atoms with van der Waals surface area (Å²) >= 11 is 0. The molecule has 0 amide bonds. The molecule has 0 spiro atoms. The van der Waals surface area contributed by atoms with E-state index in [0.717, 1.165) is 26.0 Å². The molecule has 4 atom stereocenters. The van der Waals surface area contributed by atoms with Crippen molar-refractivity contribution < 1.29 is 14.2 Å². The maximum Gasteiger partial charge on any atom is 0.102 e. The van der Waals surface area contributed by atoms with Crippen molar-refractivity contribution in [2.45, 2.75) is 128 Å². The topological polar surface area (TPSA) is 30.9 Å². The summed E-state index contributed by atoms with van der Waals surface area (Å²) in [5, 5.41) is 0. The molecule has 0 radical (unpaired) electrons. The number of unbranched alkanes of at least 4 members (excludes halogenated alkanes) is 9. The lowest BCUT2D eigenvalue weighted by Crippen LogP contribution is -2.48. The zero-order chi connectivity index (χ0) is 27.5. The summed E-state index contributed by atoms with van der Waals surface area (Å²) in [6.07, 6.45) is 15.1. The van der Waals surface area contributed by atoms with Crippen LogP contribution in [0.5, 0.6) is 0 Å². The van der Waals surface area contributed by atoms with Gasteiger partial charge >= 0.3 is 0 Å². The van der Waals surface area contributed by atoms with Crippen molar-refractivity contribution in [3.05, 3.63) is 71.8 Å². The van der Waals surface area contributed by atoms with Crippen LogP contribution in [0.2, 0.25) is 0 Å². The van der Waals surface area contributed by atoms with Crippen molar-refractivity contribution in [2.24, 2.45) is 0 Å². The standard InChI is InChI=1S/C35H55NO3/c1-4-6-8-10-11-19-25-36(3)34-32(38-28-30-21-15-13-16-22-30)27-33(39-29-31-23-17-14-18-24-31)35(34)37-26-20-12-9-7-5-2/h13-18,21-24,32-35H,4-12,19-20,25-29H2,1-3H3/t32-,33+,34+,35+/m1/s1. The maximum absolute atomic E-state index is 6.71. The Kier molecular flexibility index (Phi) is 15.8. The van der Waals surface area contributed by atoms with Crippen molar-refractivity contribution in [1.82, 2.24) is 4.90 Å². The van der Waals surface area contributed by atoms with E-state index in [-0.39, 0.29) is 24.4 Å². The van der Waals surface area contributed by atoms with Gasteiger partial charge in [-0.3, -0.25) is 4.90 Å². The molecule has 0 saturated heterocycles. The Bertz CT molecular complexity index is 845. The van der Waals surface area contributed by atoms with Crippen LogP contribution in [0.4, 0.5) is 0 Å². The van der Waals surface area contributed by atoms with Crippen LogP contribution in [0.15, 0.2) is 60.7 Å². The fourth-order valence-electron chi connectivity index (χ4n) is 5.77. The Balaban J connectivity index is 1.67. The first-order valence-electron chi connectivity index (χ1n) is 15.9. The number of hydrogen-bond acceptors (Lipinski definition) is 4. The first-order valence-corrected chi connectivity index (χ1v) is 15.9. The molecule has 2 aromatic carbocycles. The zero-order valence-electron chi connectivity index (χ0n) is 25.1. The molecular weight excluding hydrogens is 482 g/mol. The molecule has 218 valence electrons. The van der Waals surface area contributed by atoms with Gasteiger partial charge in [0.05, 0.1) is 31.5 Å². The fraction of sp³-hybridized carbons (Fsp3) is 0.657. The molecule has 0 aromatic heterocycles. The highest BCUT2D eigenvalue weighted by atomic mass is 16.6. The molecule has 0 heterocycles. The van der Waals surface area contributed by atoms with Crippen LogP contribution in [-0.2, 0) is 27.4 Å². The second-order valence-corrected chi connectivity index (χ2v) is 11.4. The molecule has 2 aromatic rings. The molecule has 0 unspecified atom stereocenters. The maximum atomic E-state index is 6.71. The van der Waals surface area contributed by atoms with Gasteiger partial charge in [-0.1, -0.05) is 132 Å². The van der Waals surface area contributed by atoms with Crippen LogP contribution in [0, 0.1) is 0 Å². The number of nitrogens with zero attached hydrogens (tertiary/aromatic N) is 1. The van der Waals surface area contributed by atoms with E-state index >= 15 is 0 Å². The number of rotatable bonds is 21. The van der Waals surface area contributed by atoms with Crippen molar-refractivity contribution in [2.75, 3.05) is 20.2 Å². The molecule has 4 nitrogen and oxygen atoms in total. The van der Waals surface area contributed by atoms with E-state index < -0.39 is 0 Å². The van der Waals surface area contributed by atoms with Crippen LogP contribution in [0.3, 0.4) is 0 Å². The molecule has 39 heavy (non-hydrogen) atoms. The highest BCUT2D eigenvalue weighted by molar-refractivity contribution is 5.15. The van der Waals surface area contributed by atoms with Crippen LogP contribution in [0.25, 0.3) is 0 Å². The third kappa shape index (κ3) is 11.7. The quantitative estimate of drug-likeness (QED) is 0.149. The lowest BCUT2D eigenvalue weighted by Gasteiger charge is -2.34. The highest BCUT2D eigenvalue weighted by Gasteiger charge is 2.47. The number of benzene rings is 2. The van der Waals surface area contributed by atoms with Crippen LogP contribution in [-0.4, -0.2) is 49.5 Å². The Morgan fingerprint density at radius 3 is 1.72 bits per heavy atom. The van der Waals surface area contributed by atoms with E-state index in [1.807, 2.05) is 0 Å². The summed E-state index contributed by atoms with van der Waals surface area (Å²) < 4.78 is 20.0. The van der Waals surface area contributed by atoms with E-state index in [1.165, 1.54) is 75.3 Å². The molecule has 3 rings (SSSR count). The summed E-state index contributed by atoms with van der Waals surface area (Å²) in [6, 6.07) is 21.3. The van der Waals surface area contributed by atoms with Gasteiger partial charge < -0.3 is 14.2 Å². The monoisotopic (exact) mass is 537 g/mol. The van der Waals surface area contributed by atoms with Gasteiger partial charge in [0, 0.05) is 13.0 Å². The second-order valence-electron chi connectivity index (χ2n) is 11.4. The largest absolute Gasteiger partial charge is 0.374 e. The molecule has 0 N–H and O–H groups in total. The van der Waals surface area contributed by atoms with Gasteiger partial charge in [0.25, 0.3) is 0 Å². The normalized spacial score (nSPS) is 21.1. The molecule has 4 heteroatoms. The van der Waals surface area contributed by atoms with Crippen molar-refractivity contribution >= 4 is 0 Å². The average molecular weight is 538 g/mol. The minimum absolute atomic E-state index is 0.0192. The molecule has 1 aliphatic carbocycles. The lowest BCUT2D eigenvalue weighted by atomic mass is 10.1. The van der Waals surface area contributed by atoms with E-state index in [1.54, 1.807) is 0 Å². The summed E-state index contributed by atoms with van der Waals surface area (Å²) in [5.41, 5.74) is 2.43. The van der Waals surface area contributed by atoms with Gasteiger partial charge in [0.15, 0.2) is 0 Å². The third-order valence-corrected chi connectivity index (χ3v) is 8.09. The van der Waals surface area contributed by atoms with Crippen LogP contribution >= 0.6 is 0 Å². The molecule has 1 aliphatic rings. The van der Waals surface area contributed by atoms with E-state index in [4.69, 9.17) is 14.2 Å². The minimum Gasteiger partial charge on any atom is -0.374 e. The minimum atomic E-state index is 0.0192. The summed E-state index contributed by atoms with van der Waals surface area (Å²) in [5.74, 6) is 0. The number of hydrogen-bond donors (Lipinski definition) is 0. The molecule has 0 bridgehead atoms. The molecule has 1 fully saturated rings. The highest BCUT2D eigenvalue weighted by Crippen LogP contribution is 2.33. The van der Waals surface area contributed by atoms with Crippen molar-refractivity contribution in [1.29, 1.82) is 0 Å².